The predicted octanol–water partition coefficient (Wildman–Crippen LogP) is 3.13. The fraction of sp³-hybridized carbons (Fsp3) is 0.200. The number of nitrogens with one attached hydrogen (secondary N) is 1. The number of hydrogen-bond donors (Lipinski definition) is 1. The first-order valence-corrected chi connectivity index (χ1v) is 12.4. The summed E-state index contributed by atoms with van der Waals surface area (Å²) in [7, 11) is -4.19. The maximum Gasteiger partial charge on any atom is 0.264 e. The van der Waals surface area contributed by atoms with Crippen molar-refractivity contribution in [2.24, 2.45) is 0 Å². The van der Waals surface area contributed by atoms with E-state index in [9.17, 15) is 22.4 Å². The van der Waals surface area contributed by atoms with Crippen LogP contribution in [0.2, 0.25) is 0 Å². The summed E-state index contributed by atoms with van der Waals surface area (Å²) in [5.41, 5.74) is 0.848. The van der Waals surface area contributed by atoms with Gasteiger partial charge in [0.05, 0.1) is 35.0 Å². The number of nitrogens with zero attached hydrogens (tertiary/aromatic N) is 2. The second-order valence-corrected chi connectivity index (χ2v) is 9.66. The van der Waals surface area contributed by atoms with E-state index in [1.807, 2.05) is 0 Å². The molecule has 0 saturated carbocycles. The van der Waals surface area contributed by atoms with Gasteiger partial charge in [0, 0.05) is 13.1 Å². The fourth-order valence-corrected chi connectivity index (χ4v) is 5.10. The van der Waals surface area contributed by atoms with E-state index in [0.717, 1.165) is 28.6 Å². The third-order valence-corrected chi connectivity index (χ3v) is 7.25. The first-order valence-electron chi connectivity index (χ1n) is 11.0. The van der Waals surface area contributed by atoms with Crippen molar-refractivity contribution >= 4 is 33.2 Å². The number of halogens is 1. The number of morpholine rings is 1. The number of amides is 2. The maximum atomic E-state index is 13.4. The molecular weight excluding hydrogens is 473 g/mol. The molecule has 0 radical (unpaired) electrons. The molecule has 35 heavy (non-hydrogen) atoms. The molecule has 1 saturated heterocycles. The number of rotatable bonds is 7. The summed E-state index contributed by atoms with van der Waals surface area (Å²) < 4.78 is 46.3. The zero-order chi connectivity index (χ0) is 24.8. The van der Waals surface area contributed by atoms with Gasteiger partial charge in [0.15, 0.2) is 0 Å². The molecular formula is C25H24FN3O5S. The predicted molar refractivity (Wildman–Crippen MR) is 129 cm³/mol. The van der Waals surface area contributed by atoms with Crippen molar-refractivity contribution in [3.05, 3.63) is 90.2 Å². The van der Waals surface area contributed by atoms with Crippen molar-refractivity contribution < 1.29 is 27.1 Å². The minimum absolute atomic E-state index is 0.154. The van der Waals surface area contributed by atoms with Crippen LogP contribution < -0.4 is 9.62 Å². The largest absolute Gasteiger partial charge is 0.378 e. The van der Waals surface area contributed by atoms with E-state index in [0.29, 0.717) is 31.9 Å². The second kappa shape index (κ2) is 10.7. The maximum absolute atomic E-state index is 13.4. The Morgan fingerprint density at radius 2 is 1.54 bits per heavy atom. The highest BCUT2D eigenvalue weighted by Gasteiger charge is 2.28. The fourth-order valence-electron chi connectivity index (χ4n) is 3.68. The monoisotopic (exact) mass is 497 g/mol. The molecule has 4 rings (SSSR count). The minimum Gasteiger partial charge on any atom is -0.378 e. The van der Waals surface area contributed by atoms with E-state index >= 15 is 0 Å². The van der Waals surface area contributed by atoms with Crippen LogP contribution >= 0.6 is 0 Å². The molecule has 1 fully saturated rings. The van der Waals surface area contributed by atoms with E-state index < -0.39 is 28.3 Å². The Morgan fingerprint density at radius 1 is 0.914 bits per heavy atom. The molecule has 0 bridgehead atoms. The van der Waals surface area contributed by atoms with Gasteiger partial charge in [0.25, 0.3) is 15.9 Å². The Labute approximate surface area is 203 Å². The molecule has 1 aliphatic heterocycles. The Balaban J connectivity index is 1.59. The third-order valence-electron chi connectivity index (χ3n) is 5.46. The van der Waals surface area contributed by atoms with E-state index in [1.165, 1.54) is 0 Å². The highest BCUT2D eigenvalue weighted by molar-refractivity contribution is 7.92. The number of para-hydroxylation sites is 2. The molecule has 3 aromatic rings. The SMILES string of the molecule is O=C(CN(c1ccccc1)S(=O)(=O)c1ccc(F)cc1)Nc1ccccc1C(=O)N1CCOCC1. The number of sulfonamides is 1. The topological polar surface area (TPSA) is 96.0 Å². The van der Waals surface area contributed by atoms with Crippen LogP contribution in [-0.2, 0) is 19.6 Å². The lowest BCUT2D eigenvalue weighted by Gasteiger charge is -2.28. The van der Waals surface area contributed by atoms with Crippen LogP contribution in [0.5, 0.6) is 0 Å². The van der Waals surface area contributed by atoms with Crippen molar-refractivity contribution in [3.8, 4) is 0 Å². The highest BCUT2D eigenvalue weighted by Crippen LogP contribution is 2.24. The number of carbonyl (C=O) groups excluding carboxylic acids is 2. The van der Waals surface area contributed by atoms with E-state index in [-0.39, 0.29) is 22.2 Å². The van der Waals surface area contributed by atoms with Gasteiger partial charge in [0.2, 0.25) is 5.91 Å². The van der Waals surface area contributed by atoms with Crippen LogP contribution in [0.1, 0.15) is 10.4 Å². The Hall–Kier alpha value is -3.76. The molecule has 10 heteroatoms. The third kappa shape index (κ3) is 5.67. The van der Waals surface area contributed by atoms with Crippen molar-refractivity contribution in [2.45, 2.75) is 4.90 Å². The number of benzene rings is 3. The number of hydrogen-bond acceptors (Lipinski definition) is 5. The number of carbonyl (C=O) groups is 2. The first kappa shape index (κ1) is 24.4. The Kier molecular flexibility index (Phi) is 7.42. The molecule has 182 valence electrons. The first-order chi connectivity index (χ1) is 16.9. The molecule has 0 aromatic heterocycles. The minimum atomic E-state index is -4.19. The molecule has 0 unspecified atom stereocenters. The average molecular weight is 498 g/mol. The lowest BCUT2D eigenvalue weighted by molar-refractivity contribution is -0.114. The van der Waals surface area contributed by atoms with Crippen LogP contribution in [-0.4, -0.2) is 58.0 Å². The summed E-state index contributed by atoms with van der Waals surface area (Å²) in [5, 5.41) is 2.68. The standard InChI is InChI=1S/C25H24FN3O5S/c26-19-10-12-21(13-11-19)35(32,33)29(20-6-2-1-3-7-20)18-24(30)27-23-9-5-4-8-22(23)25(31)28-14-16-34-17-15-28/h1-13H,14-18H2,(H,27,30). The highest BCUT2D eigenvalue weighted by atomic mass is 32.2. The van der Waals surface area contributed by atoms with Gasteiger partial charge in [-0.15, -0.1) is 0 Å². The van der Waals surface area contributed by atoms with Gasteiger partial charge in [-0.3, -0.25) is 13.9 Å². The lowest BCUT2D eigenvalue weighted by atomic mass is 10.1. The molecule has 1 N–H and O–H groups in total. The smallest absolute Gasteiger partial charge is 0.264 e. The van der Waals surface area contributed by atoms with Crippen LogP contribution in [0.25, 0.3) is 0 Å². The second-order valence-electron chi connectivity index (χ2n) is 7.80. The van der Waals surface area contributed by atoms with E-state index in [4.69, 9.17) is 4.74 Å². The summed E-state index contributed by atoms with van der Waals surface area (Å²) in [6.45, 7) is 1.21. The Bertz CT molecular complexity index is 1290. The summed E-state index contributed by atoms with van der Waals surface area (Å²) >= 11 is 0. The van der Waals surface area contributed by atoms with Gasteiger partial charge in [-0.1, -0.05) is 30.3 Å². The van der Waals surface area contributed by atoms with Crippen LogP contribution in [0.3, 0.4) is 0 Å². The molecule has 1 aliphatic rings. The van der Waals surface area contributed by atoms with Gasteiger partial charge in [-0.05, 0) is 48.5 Å². The van der Waals surface area contributed by atoms with Gasteiger partial charge < -0.3 is 15.0 Å². The molecule has 0 atom stereocenters. The van der Waals surface area contributed by atoms with E-state index in [2.05, 4.69) is 5.32 Å². The number of ether oxygens (including phenoxy) is 1. The van der Waals surface area contributed by atoms with Gasteiger partial charge >= 0.3 is 0 Å². The quantitative estimate of drug-likeness (QED) is 0.541. The van der Waals surface area contributed by atoms with Gasteiger partial charge in [0.1, 0.15) is 12.4 Å². The lowest BCUT2D eigenvalue weighted by Crippen LogP contribution is -2.41. The molecule has 8 nitrogen and oxygen atoms in total. The molecule has 0 aliphatic carbocycles. The normalized spacial score (nSPS) is 13.8. The van der Waals surface area contributed by atoms with Crippen molar-refractivity contribution in [1.82, 2.24) is 4.90 Å². The van der Waals surface area contributed by atoms with Crippen molar-refractivity contribution in [1.29, 1.82) is 0 Å². The summed E-state index contributed by atoms with van der Waals surface area (Å²) in [4.78, 5) is 27.5. The van der Waals surface area contributed by atoms with Crippen LogP contribution in [0.4, 0.5) is 15.8 Å². The zero-order valence-corrected chi connectivity index (χ0v) is 19.6. The average Bonchev–Trinajstić information content (AvgIpc) is 2.88. The molecule has 2 amide bonds. The van der Waals surface area contributed by atoms with Gasteiger partial charge in [-0.2, -0.15) is 0 Å². The number of anilines is 2. The van der Waals surface area contributed by atoms with Crippen molar-refractivity contribution in [3.63, 3.8) is 0 Å². The molecule has 3 aromatic carbocycles. The summed E-state index contributed by atoms with van der Waals surface area (Å²) in [6, 6.07) is 19.1. The van der Waals surface area contributed by atoms with Gasteiger partial charge in [-0.25, -0.2) is 12.8 Å². The van der Waals surface area contributed by atoms with Crippen LogP contribution in [0, 0.1) is 5.82 Å². The van der Waals surface area contributed by atoms with Crippen LogP contribution in [0.15, 0.2) is 83.8 Å². The summed E-state index contributed by atoms with van der Waals surface area (Å²) in [6.07, 6.45) is 0. The zero-order valence-electron chi connectivity index (χ0n) is 18.8. The Morgan fingerprint density at radius 3 is 2.23 bits per heavy atom. The van der Waals surface area contributed by atoms with Crippen molar-refractivity contribution in [2.75, 3.05) is 42.5 Å². The summed E-state index contributed by atoms with van der Waals surface area (Å²) in [5.74, 6) is -1.46. The molecule has 0 spiro atoms. The molecule has 1 heterocycles. The van der Waals surface area contributed by atoms with E-state index in [1.54, 1.807) is 59.5 Å².